The molecule has 3 unspecified atom stereocenters. The number of hydrogen-bond acceptors (Lipinski definition) is 8. The van der Waals surface area contributed by atoms with Crippen molar-refractivity contribution >= 4 is 37.1 Å². The third-order valence-electron chi connectivity index (χ3n) is 9.12. The lowest BCUT2D eigenvalue weighted by Gasteiger charge is -2.32. The first-order valence-corrected chi connectivity index (χ1v) is 19.4. The lowest BCUT2D eigenvalue weighted by molar-refractivity contribution is -0.126. The van der Waals surface area contributed by atoms with Crippen LogP contribution in [-0.4, -0.2) is 59.7 Å². The molecule has 2 aliphatic rings. The van der Waals surface area contributed by atoms with Gasteiger partial charge in [0.15, 0.2) is 5.85 Å². The fourth-order valence-electron chi connectivity index (χ4n) is 6.42. The molecule has 0 heterocycles. The van der Waals surface area contributed by atoms with Gasteiger partial charge in [0.05, 0.1) is 19.3 Å². The third-order valence-corrected chi connectivity index (χ3v) is 11.6. The first-order valence-electron chi connectivity index (χ1n) is 17.4. The van der Waals surface area contributed by atoms with Crippen LogP contribution in [0.4, 0.5) is 4.79 Å². The average molecular weight is 720 g/mol. The van der Waals surface area contributed by atoms with Crippen molar-refractivity contribution in [3.05, 3.63) is 70.7 Å². The summed E-state index contributed by atoms with van der Waals surface area (Å²) >= 11 is 6.06. The molecule has 13 heteroatoms. The van der Waals surface area contributed by atoms with Gasteiger partial charge in [0.1, 0.15) is 12.6 Å². The number of aliphatic hydroxyl groups excluding tert-OH is 1. The van der Waals surface area contributed by atoms with Gasteiger partial charge in [-0.15, -0.1) is 0 Å². The largest absolute Gasteiger partial charge is 0.445 e. The predicted molar refractivity (Wildman–Crippen MR) is 188 cm³/mol. The van der Waals surface area contributed by atoms with Crippen LogP contribution in [0.15, 0.2) is 54.6 Å². The van der Waals surface area contributed by atoms with Crippen LogP contribution in [0.5, 0.6) is 0 Å². The second-order valence-corrected chi connectivity index (χ2v) is 15.6. The average Bonchev–Trinajstić information content (AvgIpc) is 3.84. The van der Waals surface area contributed by atoms with Gasteiger partial charge in [-0.1, -0.05) is 86.2 Å². The maximum atomic E-state index is 13.9. The fraction of sp³-hybridized carbons (Fsp3) is 0.583. The Kier molecular flexibility index (Phi) is 15.0. The van der Waals surface area contributed by atoms with Crippen LogP contribution in [0.3, 0.4) is 0 Å². The van der Waals surface area contributed by atoms with Crippen molar-refractivity contribution < 1.29 is 37.8 Å². The molecule has 270 valence electrons. The van der Waals surface area contributed by atoms with E-state index in [2.05, 4.69) is 16.0 Å². The third kappa shape index (κ3) is 12.4. The summed E-state index contributed by atoms with van der Waals surface area (Å²) in [6.07, 6.45) is 6.91. The highest BCUT2D eigenvalue weighted by Gasteiger charge is 2.45. The van der Waals surface area contributed by atoms with E-state index in [9.17, 15) is 24.1 Å². The van der Waals surface area contributed by atoms with E-state index in [0.29, 0.717) is 23.4 Å². The van der Waals surface area contributed by atoms with Crippen molar-refractivity contribution in [3.63, 3.8) is 0 Å². The zero-order chi connectivity index (χ0) is 35.3. The highest BCUT2D eigenvalue weighted by molar-refractivity contribution is 7.54. The zero-order valence-corrected chi connectivity index (χ0v) is 30.2. The van der Waals surface area contributed by atoms with E-state index in [1.54, 1.807) is 38.1 Å². The first kappa shape index (κ1) is 38.8. The summed E-state index contributed by atoms with van der Waals surface area (Å²) in [6.45, 7) is 3.21. The molecule has 4 N–H and O–H groups in total. The Morgan fingerprint density at radius 1 is 0.959 bits per heavy atom. The summed E-state index contributed by atoms with van der Waals surface area (Å²) in [7, 11) is -4.11. The maximum Gasteiger partial charge on any atom is 0.408 e. The number of carbonyl (C=O) groups excluding carboxylic acids is 3. The molecule has 0 radical (unpaired) electrons. The van der Waals surface area contributed by atoms with E-state index in [1.807, 2.05) is 30.3 Å². The summed E-state index contributed by atoms with van der Waals surface area (Å²) in [4.78, 5) is 40.1. The van der Waals surface area contributed by atoms with E-state index in [0.717, 1.165) is 50.5 Å². The van der Waals surface area contributed by atoms with Crippen LogP contribution in [0.2, 0.25) is 5.02 Å². The van der Waals surface area contributed by atoms with E-state index >= 15 is 0 Å². The van der Waals surface area contributed by atoms with Crippen molar-refractivity contribution in [1.82, 2.24) is 16.0 Å². The normalized spacial score (nSPS) is 17.7. The molecule has 2 fully saturated rings. The van der Waals surface area contributed by atoms with Crippen LogP contribution in [0, 0.1) is 5.92 Å². The molecule has 2 aromatic rings. The summed E-state index contributed by atoms with van der Waals surface area (Å²) in [6, 6.07) is 14.7. The monoisotopic (exact) mass is 719 g/mol. The minimum absolute atomic E-state index is 0.00181. The van der Waals surface area contributed by atoms with Crippen molar-refractivity contribution in [3.8, 4) is 0 Å². The Balaban J connectivity index is 1.46. The smallest absolute Gasteiger partial charge is 0.408 e. The van der Waals surface area contributed by atoms with Crippen molar-refractivity contribution in [2.45, 2.75) is 115 Å². The summed E-state index contributed by atoms with van der Waals surface area (Å²) in [5.74, 6) is -2.39. The van der Waals surface area contributed by atoms with Gasteiger partial charge in [0.25, 0.3) is 0 Å². The Hall–Kier alpha value is -2.95. The van der Waals surface area contributed by atoms with Crippen molar-refractivity contribution in [2.75, 3.05) is 13.2 Å². The van der Waals surface area contributed by atoms with E-state index in [-0.39, 0.29) is 50.0 Å². The van der Waals surface area contributed by atoms with E-state index in [1.165, 1.54) is 0 Å². The number of nitrogens with one attached hydrogen (secondary N) is 3. The fourth-order valence-corrected chi connectivity index (χ4v) is 8.40. The molecule has 49 heavy (non-hydrogen) atoms. The Bertz CT molecular complexity index is 1410. The summed E-state index contributed by atoms with van der Waals surface area (Å²) < 4.78 is 29.9. The highest BCUT2D eigenvalue weighted by Crippen LogP contribution is 2.53. The number of benzene rings is 2. The van der Waals surface area contributed by atoms with Crippen LogP contribution in [0.1, 0.15) is 89.2 Å². The SMILES string of the molecule is CCOP(=O)(OCC)C(O)C(CCC(=O)NC1(Cc2ccccc2)CC1)NC(=O)C(CC1CCCCC1)NC(=O)OCc1cccc(Cl)c1. The van der Waals surface area contributed by atoms with Gasteiger partial charge in [0.2, 0.25) is 11.8 Å². The summed E-state index contributed by atoms with van der Waals surface area (Å²) in [5, 5.41) is 20.6. The number of carbonyl (C=O) groups is 3. The van der Waals surface area contributed by atoms with Gasteiger partial charge in [-0.05, 0) is 75.1 Å². The molecule has 2 aromatic carbocycles. The lowest BCUT2D eigenvalue weighted by Crippen LogP contribution is -2.53. The second-order valence-electron chi connectivity index (χ2n) is 13.1. The number of halogens is 1. The Morgan fingerprint density at radius 3 is 2.27 bits per heavy atom. The minimum atomic E-state index is -4.11. The lowest BCUT2D eigenvalue weighted by atomic mass is 9.84. The molecule has 0 spiro atoms. The van der Waals surface area contributed by atoms with Gasteiger partial charge < -0.3 is 34.8 Å². The first-order chi connectivity index (χ1) is 23.5. The number of amides is 3. The van der Waals surface area contributed by atoms with Crippen LogP contribution >= 0.6 is 19.2 Å². The maximum absolute atomic E-state index is 13.9. The van der Waals surface area contributed by atoms with Crippen LogP contribution in [-0.2, 0) is 41.0 Å². The number of alkyl carbamates (subject to hydrolysis) is 1. The molecule has 2 saturated carbocycles. The minimum Gasteiger partial charge on any atom is -0.445 e. The number of aliphatic hydroxyl groups is 1. The van der Waals surface area contributed by atoms with Crippen molar-refractivity contribution in [1.29, 1.82) is 0 Å². The van der Waals surface area contributed by atoms with Gasteiger partial charge in [0, 0.05) is 17.0 Å². The van der Waals surface area contributed by atoms with Crippen LogP contribution in [0.25, 0.3) is 0 Å². The predicted octanol–water partition coefficient (Wildman–Crippen LogP) is 6.65. The van der Waals surface area contributed by atoms with Crippen molar-refractivity contribution in [2.24, 2.45) is 5.92 Å². The van der Waals surface area contributed by atoms with E-state index < -0.39 is 37.5 Å². The Labute approximate surface area is 294 Å². The quantitative estimate of drug-likeness (QED) is 0.118. The molecule has 0 bridgehead atoms. The number of hydrogen-bond donors (Lipinski definition) is 4. The van der Waals surface area contributed by atoms with Gasteiger partial charge >= 0.3 is 13.7 Å². The second kappa shape index (κ2) is 18.9. The Morgan fingerprint density at radius 2 is 1.63 bits per heavy atom. The van der Waals surface area contributed by atoms with Gasteiger partial charge in [-0.2, -0.15) is 0 Å². The van der Waals surface area contributed by atoms with Crippen LogP contribution < -0.4 is 16.0 Å². The zero-order valence-electron chi connectivity index (χ0n) is 28.5. The standard InChI is InChI=1S/C36H51ClN3O8P/c1-3-47-49(45,48-4-2)34(43)30(18-19-32(41)40-36(20-21-36)24-27-14-9-6-10-15-27)38-33(42)31(23-26-12-7-5-8-13-26)39-35(44)46-25-28-16-11-17-29(37)22-28/h6,9-11,14-17,22,26,30-31,34,43H,3-5,7-8,12-13,18-21,23-25H2,1-2H3,(H,38,42)(H,39,44)(H,40,41). The molecular formula is C36H51ClN3O8P. The number of ether oxygens (including phenoxy) is 1. The molecular weight excluding hydrogens is 669 g/mol. The topological polar surface area (TPSA) is 152 Å². The van der Waals surface area contributed by atoms with Gasteiger partial charge in [-0.25, -0.2) is 4.79 Å². The molecule has 3 atom stereocenters. The highest BCUT2D eigenvalue weighted by atomic mass is 35.5. The molecule has 0 aromatic heterocycles. The molecule has 0 aliphatic heterocycles. The van der Waals surface area contributed by atoms with E-state index in [4.69, 9.17) is 25.4 Å². The molecule has 4 rings (SSSR count). The molecule has 11 nitrogen and oxygen atoms in total. The summed E-state index contributed by atoms with van der Waals surface area (Å²) in [5.41, 5.74) is 1.48. The molecule has 2 aliphatic carbocycles. The number of rotatable bonds is 19. The molecule has 0 saturated heterocycles. The molecule has 3 amide bonds. The van der Waals surface area contributed by atoms with Gasteiger partial charge in [-0.3, -0.25) is 14.2 Å².